The highest BCUT2D eigenvalue weighted by Gasteiger charge is 2.13. The molecule has 100 valence electrons. The summed E-state index contributed by atoms with van der Waals surface area (Å²) in [6.07, 6.45) is -1.19. The first kappa shape index (κ1) is 14.1. The monoisotopic (exact) mass is 260 g/mol. The Balaban J connectivity index is 2.86. The lowest BCUT2D eigenvalue weighted by molar-refractivity contribution is 0.153. The summed E-state index contributed by atoms with van der Waals surface area (Å²) in [5.41, 5.74) is 5.99. The Labute approximate surface area is 102 Å². The van der Waals surface area contributed by atoms with Crippen LogP contribution in [-0.4, -0.2) is 47.3 Å². The van der Waals surface area contributed by atoms with Crippen LogP contribution < -0.4 is 10.6 Å². The third-order valence-electron chi connectivity index (χ3n) is 2.21. The summed E-state index contributed by atoms with van der Waals surface area (Å²) in [5, 5.41) is 20.0. The van der Waals surface area contributed by atoms with Gasteiger partial charge in [0.15, 0.2) is 5.84 Å². The third kappa shape index (κ3) is 3.81. The van der Waals surface area contributed by atoms with E-state index in [1.165, 1.54) is 23.2 Å². The molecule has 0 radical (unpaired) electrons. The molecule has 0 bridgehead atoms. The van der Waals surface area contributed by atoms with E-state index in [-0.39, 0.29) is 24.7 Å². The van der Waals surface area contributed by atoms with Gasteiger partial charge in [0.05, 0.1) is 25.0 Å². The highest BCUT2D eigenvalue weighted by atomic mass is 19.3. The molecule has 18 heavy (non-hydrogen) atoms. The molecule has 0 aromatic carbocycles. The molecule has 0 aliphatic rings. The summed E-state index contributed by atoms with van der Waals surface area (Å²) in [4.78, 5) is 5.18. The average Bonchev–Trinajstić information content (AvgIpc) is 2.37. The van der Waals surface area contributed by atoms with Crippen LogP contribution in [0.25, 0.3) is 0 Å². The average molecular weight is 260 g/mol. The topological polar surface area (TPSA) is 95.0 Å². The van der Waals surface area contributed by atoms with Crippen LogP contribution in [0.5, 0.6) is 0 Å². The van der Waals surface area contributed by atoms with Crippen molar-refractivity contribution in [3.05, 3.63) is 24.0 Å². The number of nitrogens with zero attached hydrogens (tertiary/aromatic N) is 3. The van der Waals surface area contributed by atoms with Gasteiger partial charge in [0.1, 0.15) is 5.69 Å². The van der Waals surface area contributed by atoms with Crippen LogP contribution >= 0.6 is 0 Å². The van der Waals surface area contributed by atoms with Gasteiger partial charge in [-0.15, -0.1) is 0 Å². The second kappa shape index (κ2) is 6.70. The molecule has 0 saturated heterocycles. The van der Waals surface area contributed by atoms with Crippen molar-refractivity contribution >= 4 is 11.5 Å². The van der Waals surface area contributed by atoms with Gasteiger partial charge in [-0.3, -0.25) is 4.98 Å². The Kier molecular flexibility index (Phi) is 5.25. The molecule has 8 heteroatoms. The number of halogens is 2. The number of aromatic nitrogens is 1. The highest BCUT2D eigenvalue weighted by molar-refractivity contribution is 5.95. The summed E-state index contributed by atoms with van der Waals surface area (Å²) in [6, 6.07) is 2.96. The molecule has 0 amide bonds. The zero-order chi connectivity index (χ0) is 13.5. The number of aliphatic hydroxyl groups is 1. The smallest absolute Gasteiger partial charge is 0.255 e. The second-order valence-corrected chi connectivity index (χ2v) is 3.45. The molecule has 6 nitrogen and oxygen atoms in total. The Morgan fingerprint density at radius 1 is 1.50 bits per heavy atom. The molecule has 1 heterocycles. The van der Waals surface area contributed by atoms with E-state index >= 15 is 0 Å². The molecule has 1 aromatic rings. The van der Waals surface area contributed by atoms with Crippen molar-refractivity contribution in [1.29, 1.82) is 0 Å². The van der Waals surface area contributed by atoms with Crippen molar-refractivity contribution < 1.29 is 19.1 Å². The van der Waals surface area contributed by atoms with Gasteiger partial charge in [-0.25, -0.2) is 8.78 Å². The van der Waals surface area contributed by atoms with E-state index in [1.807, 2.05) is 0 Å². The SMILES string of the molecule is N/C(=N/O)c1ccc(N(CCO)CC(F)F)cn1. The number of hydrogen-bond donors (Lipinski definition) is 3. The van der Waals surface area contributed by atoms with E-state index in [9.17, 15) is 8.78 Å². The summed E-state index contributed by atoms with van der Waals surface area (Å²) in [6.45, 7) is -0.658. The van der Waals surface area contributed by atoms with E-state index < -0.39 is 13.0 Å². The third-order valence-corrected chi connectivity index (χ3v) is 2.21. The lowest BCUT2D eigenvalue weighted by Gasteiger charge is -2.23. The van der Waals surface area contributed by atoms with Crippen LogP contribution in [0.4, 0.5) is 14.5 Å². The molecule has 0 unspecified atom stereocenters. The van der Waals surface area contributed by atoms with Gasteiger partial charge in [0, 0.05) is 6.54 Å². The number of nitrogens with two attached hydrogens (primary N) is 1. The van der Waals surface area contributed by atoms with E-state index in [2.05, 4.69) is 10.1 Å². The minimum Gasteiger partial charge on any atom is -0.409 e. The molecule has 1 rings (SSSR count). The van der Waals surface area contributed by atoms with Gasteiger partial charge in [-0.2, -0.15) is 0 Å². The lowest BCUT2D eigenvalue weighted by atomic mass is 10.3. The Morgan fingerprint density at radius 2 is 2.22 bits per heavy atom. The first-order valence-electron chi connectivity index (χ1n) is 5.16. The van der Waals surface area contributed by atoms with Crippen molar-refractivity contribution in [3.8, 4) is 0 Å². The molecule has 0 aliphatic heterocycles. The van der Waals surface area contributed by atoms with Gasteiger partial charge in [-0.1, -0.05) is 5.16 Å². The number of oxime groups is 1. The van der Waals surface area contributed by atoms with Crippen LogP contribution in [0.2, 0.25) is 0 Å². The normalized spacial score (nSPS) is 11.9. The van der Waals surface area contributed by atoms with E-state index in [0.717, 1.165) is 0 Å². The van der Waals surface area contributed by atoms with Gasteiger partial charge >= 0.3 is 0 Å². The van der Waals surface area contributed by atoms with Crippen LogP contribution in [0, 0.1) is 0 Å². The van der Waals surface area contributed by atoms with Crippen molar-refractivity contribution in [3.63, 3.8) is 0 Å². The number of pyridine rings is 1. The maximum absolute atomic E-state index is 12.3. The number of rotatable bonds is 6. The van der Waals surface area contributed by atoms with Gasteiger partial charge in [0.25, 0.3) is 6.43 Å². The van der Waals surface area contributed by atoms with Crippen LogP contribution in [0.1, 0.15) is 5.69 Å². The van der Waals surface area contributed by atoms with E-state index in [4.69, 9.17) is 16.0 Å². The predicted molar refractivity (Wildman–Crippen MR) is 62.1 cm³/mol. The lowest BCUT2D eigenvalue weighted by Crippen LogP contribution is -2.31. The Morgan fingerprint density at radius 3 is 2.67 bits per heavy atom. The molecule has 4 N–H and O–H groups in total. The molecule has 0 spiro atoms. The largest absolute Gasteiger partial charge is 0.409 e. The molecule has 0 atom stereocenters. The van der Waals surface area contributed by atoms with Crippen molar-refractivity contribution in [2.24, 2.45) is 10.9 Å². The number of anilines is 1. The van der Waals surface area contributed by atoms with Crippen LogP contribution in [0.3, 0.4) is 0 Å². The van der Waals surface area contributed by atoms with Crippen molar-refractivity contribution in [2.45, 2.75) is 6.43 Å². The molecule has 0 saturated carbocycles. The standard InChI is InChI=1S/C10H14F2N4O2/c11-9(12)6-16(3-4-17)7-1-2-8(14-5-7)10(13)15-18/h1-2,5,9,17-18H,3-4,6H2,(H2,13,15). The number of hydrogen-bond acceptors (Lipinski definition) is 5. The first-order chi connectivity index (χ1) is 8.58. The Bertz CT molecular complexity index is 397. The summed E-state index contributed by atoms with van der Waals surface area (Å²) < 4.78 is 24.7. The number of aliphatic hydroxyl groups excluding tert-OH is 1. The summed E-state index contributed by atoms with van der Waals surface area (Å²) >= 11 is 0. The minimum atomic E-state index is -2.51. The van der Waals surface area contributed by atoms with Gasteiger partial charge in [0.2, 0.25) is 0 Å². The minimum absolute atomic E-state index is 0.0783. The molecule has 0 aliphatic carbocycles. The highest BCUT2D eigenvalue weighted by Crippen LogP contribution is 2.14. The summed E-state index contributed by atoms with van der Waals surface area (Å²) in [7, 11) is 0. The molecule has 0 fully saturated rings. The zero-order valence-electron chi connectivity index (χ0n) is 9.50. The fourth-order valence-corrected chi connectivity index (χ4v) is 1.39. The van der Waals surface area contributed by atoms with E-state index in [1.54, 1.807) is 0 Å². The van der Waals surface area contributed by atoms with Gasteiger partial charge in [-0.05, 0) is 12.1 Å². The van der Waals surface area contributed by atoms with Crippen molar-refractivity contribution in [1.82, 2.24) is 4.98 Å². The molecular weight excluding hydrogens is 246 g/mol. The Hall–Kier alpha value is -1.96. The van der Waals surface area contributed by atoms with Crippen LogP contribution in [0.15, 0.2) is 23.5 Å². The quantitative estimate of drug-likeness (QED) is 0.295. The molecule has 1 aromatic heterocycles. The fraction of sp³-hybridized carbons (Fsp3) is 0.400. The maximum Gasteiger partial charge on any atom is 0.255 e. The van der Waals surface area contributed by atoms with Gasteiger partial charge < -0.3 is 20.9 Å². The zero-order valence-corrected chi connectivity index (χ0v) is 9.50. The number of alkyl halides is 2. The van der Waals surface area contributed by atoms with Crippen LogP contribution in [-0.2, 0) is 0 Å². The van der Waals surface area contributed by atoms with E-state index in [0.29, 0.717) is 5.69 Å². The maximum atomic E-state index is 12.3. The summed E-state index contributed by atoms with van der Waals surface area (Å²) in [5.74, 6) is -0.163. The fourth-order valence-electron chi connectivity index (χ4n) is 1.39. The predicted octanol–water partition coefficient (Wildman–Crippen LogP) is 0.240. The molecular formula is C10H14F2N4O2. The van der Waals surface area contributed by atoms with Crippen molar-refractivity contribution in [2.75, 3.05) is 24.6 Å². The first-order valence-corrected chi connectivity index (χ1v) is 5.16. The second-order valence-electron chi connectivity index (χ2n) is 3.45. The number of amidine groups is 1.